The Balaban J connectivity index is 1.81. The highest BCUT2D eigenvalue weighted by molar-refractivity contribution is 5.29. The van der Waals surface area contributed by atoms with Crippen LogP contribution < -0.4 is 10.6 Å². The van der Waals surface area contributed by atoms with Crippen LogP contribution in [0.15, 0.2) is 59.6 Å². The fraction of sp³-hybridized carbons (Fsp3) is 0.278. The van der Waals surface area contributed by atoms with Crippen LogP contribution in [0.3, 0.4) is 0 Å². The lowest BCUT2D eigenvalue weighted by molar-refractivity contribution is 0.0122. The number of hydrogen-bond acceptors (Lipinski definition) is 4. The second-order valence-corrected chi connectivity index (χ2v) is 5.84. The van der Waals surface area contributed by atoms with Crippen LogP contribution in [-0.2, 0) is 0 Å². The number of hydrazine groups is 1. The zero-order chi connectivity index (χ0) is 14.9. The van der Waals surface area contributed by atoms with Gasteiger partial charge < -0.3 is 5.11 Å². The quantitative estimate of drug-likeness (QED) is 0.899. The van der Waals surface area contributed by atoms with Crippen molar-refractivity contribution in [1.82, 2.24) is 10.0 Å². The average molecular weight is 293 g/mol. The first-order chi connectivity index (χ1) is 10.8. The Morgan fingerprint density at radius 1 is 1.00 bits per heavy atom. The Labute approximate surface area is 129 Å². The molecule has 0 radical (unpaired) electrons. The molecule has 4 nitrogen and oxygen atoms in total. The largest absolute Gasteiger partial charge is 0.392 e. The number of fused-ring (bicyclic) bond motifs is 1. The number of nitrogens with zero attached hydrogens (tertiary/aromatic N) is 3. The van der Waals surface area contributed by atoms with E-state index in [0.717, 1.165) is 29.1 Å². The third-order valence-corrected chi connectivity index (χ3v) is 4.29. The van der Waals surface area contributed by atoms with Crippen molar-refractivity contribution in [2.24, 2.45) is 4.99 Å². The molecule has 2 atom stereocenters. The molecule has 2 aliphatic heterocycles. The molecule has 1 unspecified atom stereocenters. The van der Waals surface area contributed by atoms with Gasteiger partial charge in [0.2, 0.25) is 0 Å². The molecule has 0 saturated carbocycles. The summed E-state index contributed by atoms with van der Waals surface area (Å²) in [5.41, 5.74) is 1.16. The monoisotopic (exact) mass is 293 g/mol. The molecule has 0 aliphatic carbocycles. The Morgan fingerprint density at radius 3 is 2.55 bits per heavy atom. The van der Waals surface area contributed by atoms with E-state index in [1.54, 1.807) is 0 Å². The van der Waals surface area contributed by atoms with Crippen LogP contribution in [0, 0.1) is 0 Å². The van der Waals surface area contributed by atoms with Gasteiger partial charge in [-0.15, -0.1) is 0 Å². The molecule has 2 heterocycles. The van der Waals surface area contributed by atoms with E-state index in [0.29, 0.717) is 6.54 Å². The van der Waals surface area contributed by atoms with Gasteiger partial charge >= 0.3 is 0 Å². The number of para-hydroxylation sites is 1. The first-order valence-electron chi connectivity index (χ1n) is 7.72. The molecular weight excluding hydrogens is 274 g/mol. The van der Waals surface area contributed by atoms with Crippen molar-refractivity contribution in [2.75, 3.05) is 13.1 Å². The van der Waals surface area contributed by atoms with E-state index >= 15 is 0 Å². The summed E-state index contributed by atoms with van der Waals surface area (Å²) in [7, 11) is 0. The van der Waals surface area contributed by atoms with Crippen molar-refractivity contribution < 1.29 is 5.11 Å². The molecule has 1 saturated heterocycles. The van der Waals surface area contributed by atoms with Crippen LogP contribution in [0.4, 0.5) is 0 Å². The lowest BCUT2D eigenvalue weighted by atomic mass is 10.1. The summed E-state index contributed by atoms with van der Waals surface area (Å²) in [4.78, 5) is 4.94. The standard InChI is InChI=1S/C18H19N3O/c22-16-10-11-20(13-16)21-12-15-8-4-5-9-17(15)19-18(21)14-6-2-1-3-7-14/h1-9,12,16,18,22H,10-11,13H2/t16?,18-/m1/s1. The predicted molar refractivity (Wildman–Crippen MR) is 84.9 cm³/mol. The van der Waals surface area contributed by atoms with E-state index in [1.807, 2.05) is 30.3 Å². The van der Waals surface area contributed by atoms with Gasteiger partial charge in [-0.2, -0.15) is 0 Å². The van der Waals surface area contributed by atoms with Gasteiger partial charge in [0.1, 0.15) is 0 Å². The van der Waals surface area contributed by atoms with Crippen molar-refractivity contribution in [3.63, 3.8) is 0 Å². The molecule has 22 heavy (non-hydrogen) atoms. The number of rotatable bonds is 2. The second-order valence-electron chi connectivity index (χ2n) is 5.84. The molecule has 0 amide bonds. The van der Waals surface area contributed by atoms with Crippen LogP contribution >= 0.6 is 0 Å². The van der Waals surface area contributed by atoms with Gasteiger partial charge in [0, 0.05) is 24.5 Å². The van der Waals surface area contributed by atoms with Crippen LogP contribution in [0.25, 0.3) is 6.20 Å². The Morgan fingerprint density at radius 2 is 1.77 bits per heavy atom. The highest BCUT2D eigenvalue weighted by atomic mass is 16.3. The summed E-state index contributed by atoms with van der Waals surface area (Å²) in [5, 5.41) is 16.4. The minimum atomic E-state index is -0.248. The fourth-order valence-corrected chi connectivity index (χ4v) is 3.14. The van der Waals surface area contributed by atoms with Crippen LogP contribution in [0.2, 0.25) is 0 Å². The summed E-state index contributed by atoms with van der Waals surface area (Å²) < 4.78 is 0. The van der Waals surface area contributed by atoms with Gasteiger partial charge in [0.25, 0.3) is 0 Å². The molecule has 4 heteroatoms. The number of β-amino-alcohol motifs (C(OH)–C–C–N with tert-alkyl or cyclic N) is 1. The van der Waals surface area contributed by atoms with E-state index in [1.165, 1.54) is 0 Å². The molecule has 2 aromatic rings. The highest BCUT2D eigenvalue weighted by Gasteiger charge is 2.30. The van der Waals surface area contributed by atoms with Crippen molar-refractivity contribution in [1.29, 1.82) is 0 Å². The summed E-state index contributed by atoms with van der Waals surface area (Å²) >= 11 is 0. The van der Waals surface area contributed by atoms with Crippen LogP contribution in [0.1, 0.15) is 18.2 Å². The smallest absolute Gasteiger partial charge is 0.161 e. The highest BCUT2D eigenvalue weighted by Crippen LogP contribution is 2.27. The Bertz CT molecular complexity index is 774. The fourth-order valence-electron chi connectivity index (χ4n) is 3.14. The van der Waals surface area contributed by atoms with Crippen molar-refractivity contribution >= 4 is 6.20 Å². The van der Waals surface area contributed by atoms with Crippen molar-refractivity contribution in [3.05, 3.63) is 70.7 Å². The van der Waals surface area contributed by atoms with Crippen LogP contribution in [-0.4, -0.2) is 34.3 Å². The average Bonchev–Trinajstić information content (AvgIpc) is 3.01. The van der Waals surface area contributed by atoms with Gasteiger partial charge in [-0.25, -0.2) is 5.01 Å². The maximum atomic E-state index is 9.87. The minimum absolute atomic E-state index is 0.0681. The zero-order valence-electron chi connectivity index (χ0n) is 12.3. The van der Waals surface area contributed by atoms with E-state index in [2.05, 4.69) is 40.5 Å². The molecule has 4 rings (SSSR count). The Kier molecular flexibility index (Phi) is 3.41. The van der Waals surface area contributed by atoms with Crippen LogP contribution in [0.5, 0.6) is 0 Å². The second kappa shape index (κ2) is 5.55. The first kappa shape index (κ1) is 13.5. The number of hydrogen-bond donors (Lipinski definition) is 1. The normalized spacial score (nSPS) is 24.5. The third-order valence-electron chi connectivity index (χ3n) is 4.29. The molecule has 2 aromatic carbocycles. The van der Waals surface area contributed by atoms with Gasteiger partial charge in [-0.3, -0.25) is 10.0 Å². The van der Waals surface area contributed by atoms with Gasteiger partial charge in [0.05, 0.1) is 11.5 Å². The molecule has 0 bridgehead atoms. The number of aliphatic hydroxyl groups is 1. The zero-order valence-corrected chi connectivity index (χ0v) is 12.3. The van der Waals surface area contributed by atoms with E-state index in [9.17, 15) is 5.11 Å². The molecule has 0 spiro atoms. The van der Waals surface area contributed by atoms with Gasteiger partial charge in [-0.05, 0) is 18.1 Å². The predicted octanol–water partition coefficient (Wildman–Crippen LogP) is 1.04. The topological polar surface area (TPSA) is 39.1 Å². The SMILES string of the molecule is OC1CCN(N2C=c3ccccc3=N[C@H]2c2ccccc2)C1. The molecule has 1 N–H and O–H groups in total. The summed E-state index contributed by atoms with van der Waals surface area (Å²) in [5.74, 6) is 0. The molecule has 0 aromatic heterocycles. The molecule has 2 aliphatic rings. The first-order valence-corrected chi connectivity index (χ1v) is 7.72. The lowest BCUT2D eigenvalue weighted by Crippen LogP contribution is -2.46. The van der Waals surface area contributed by atoms with E-state index < -0.39 is 0 Å². The summed E-state index contributed by atoms with van der Waals surface area (Å²) in [6, 6.07) is 18.5. The Hall–Kier alpha value is -2.17. The van der Waals surface area contributed by atoms with E-state index in [4.69, 9.17) is 4.99 Å². The van der Waals surface area contributed by atoms with Crippen molar-refractivity contribution in [2.45, 2.75) is 18.7 Å². The lowest BCUT2D eigenvalue weighted by Gasteiger charge is -2.37. The minimum Gasteiger partial charge on any atom is -0.392 e. The maximum absolute atomic E-state index is 9.87. The molecule has 112 valence electrons. The molecule has 1 fully saturated rings. The third kappa shape index (κ3) is 2.40. The van der Waals surface area contributed by atoms with E-state index in [-0.39, 0.29) is 12.3 Å². The number of benzene rings is 2. The summed E-state index contributed by atoms with van der Waals surface area (Å²) in [6.45, 7) is 1.52. The summed E-state index contributed by atoms with van der Waals surface area (Å²) in [6.07, 6.45) is 2.65. The van der Waals surface area contributed by atoms with Gasteiger partial charge in [0.15, 0.2) is 6.17 Å². The molecular formula is C18H19N3O. The maximum Gasteiger partial charge on any atom is 0.161 e. The van der Waals surface area contributed by atoms with Gasteiger partial charge in [-0.1, -0.05) is 48.5 Å². The number of aliphatic hydroxyl groups excluding tert-OH is 1. The van der Waals surface area contributed by atoms with Crippen molar-refractivity contribution in [3.8, 4) is 0 Å².